The Morgan fingerprint density at radius 2 is 1.72 bits per heavy atom. The van der Waals surface area contributed by atoms with Crippen molar-refractivity contribution in [2.75, 3.05) is 41.4 Å². The maximum atomic E-state index is 13.8. The van der Waals surface area contributed by atoms with Crippen molar-refractivity contribution in [2.45, 2.75) is 6.18 Å². The van der Waals surface area contributed by atoms with Crippen LogP contribution in [0.3, 0.4) is 0 Å². The van der Waals surface area contributed by atoms with Gasteiger partial charge in [-0.1, -0.05) is 41.9 Å². The van der Waals surface area contributed by atoms with Crippen molar-refractivity contribution in [1.29, 1.82) is 0 Å². The number of alkyl halides is 3. The number of hydrogen-bond donors (Lipinski definition) is 1. The summed E-state index contributed by atoms with van der Waals surface area (Å²) in [5.41, 5.74) is -0.291. The molecule has 36 heavy (non-hydrogen) atoms. The van der Waals surface area contributed by atoms with Gasteiger partial charge in [-0.15, -0.1) is 0 Å². The van der Waals surface area contributed by atoms with E-state index in [1.807, 2.05) is 4.90 Å². The molecule has 0 spiro atoms. The van der Waals surface area contributed by atoms with Crippen molar-refractivity contribution < 1.29 is 27.5 Å². The maximum absolute atomic E-state index is 13.8. The van der Waals surface area contributed by atoms with Crippen LogP contribution in [0.1, 0.15) is 21.5 Å². The summed E-state index contributed by atoms with van der Waals surface area (Å²) in [6.07, 6.45) is -4.66. The van der Waals surface area contributed by atoms with Crippen LogP contribution < -0.4 is 15.0 Å². The zero-order chi connectivity index (χ0) is 25.7. The highest BCUT2D eigenvalue weighted by molar-refractivity contribution is 7.99. The van der Waals surface area contributed by atoms with Gasteiger partial charge in [-0.3, -0.25) is 9.59 Å². The Morgan fingerprint density at radius 1 is 1.00 bits per heavy atom. The van der Waals surface area contributed by atoms with Gasteiger partial charge in [-0.2, -0.15) is 24.9 Å². The van der Waals surface area contributed by atoms with Gasteiger partial charge in [0.15, 0.2) is 12.4 Å². The topological polar surface area (TPSA) is 58.6 Å². The fourth-order valence-corrected chi connectivity index (χ4v) is 4.85. The Kier molecular flexibility index (Phi) is 8.11. The second-order valence-corrected chi connectivity index (χ2v) is 9.66. The number of carbonyl (C=O) groups excluding carboxylic acids is 2. The third-order valence-corrected chi connectivity index (χ3v) is 6.72. The normalized spacial score (nSPS) is 13.8. The summed E-state index contributed by atoms with van der Waals surface area (Å²) in [5, 5.41) is 2.59. The minimum Gasteiger partial charge on any atom is -0.483 e. The lowest BCUT2D eigenvalue weighted by atomic mass is 10.0. The fourth-order valence-electron chi connectivity index (χ4n) is 3.77. The van der Waals surface area contributed by atoms with Crippen LogP contribution in [0.4, 0.5) is 24.5 Å². The van der Waals surface area contributed by atoms with Crippen LogP contribution in [0, 0.1) is 0 Å². The van der Waals surface area contributed by atoms with Gasteiger partial charge < -0.3 is 15.0 Å². The first kappa shape index (κ1) is 25.9. The van der Waals surface area contributed by atoms with Crippen LogP contribution >= 0.6 is 23.4 Å². The van der Waals surface area contributed by atoms with Crippen molar-refractivity contribution in [3.8, 4) is 5.75 Å². The number of nitrogens with one attached hydrogen (secondary N) is 1. The smallest absolute Gasteiger partial charge is 0.418 e. The summed E-state index contributed by atoms with van der Waals surface area (Å²) in [6, 6.07) is 16.7. The lowest BCUT2D eigenvalue weighted by Gasteiger charge is -2.29. The molecule has 0 unspecified atom stereocenters. The molecule has 0 saturated carbocycles. The number of carbonyl (C=O) groups is 2. The monoisotopic (exact) mass is 534 g/mol. The lowest BCUT2D eigenvalue weighted by molar-refractivity contribution is -0.137. The van der Waals surface area contributed by atoms with Crippen molar-refractivity contribution in [2.24, 2.45) is 0 Å². The Bertz CT molecular complexity index is 1250. The van der Waals surface area contributed by atoms with Gasteiger partial charge in [0.2, 0.25) is 0 Å². The minimum absolute atomic E-state index is 0.0952. The Hall–Kier alpha value is -3.17. The largest absolute Gasteiger partial charge is 0.483 e. The lowest BCUT2D eigenvalue weighted by Crippen LogP contribution is -2.32. The average molecular weight is 535 g/mol. The van der Waals surface area contributed by atoms with Gasteiger partial charge in [0.1, 0.15) is 5.75 Å². The molecule has 0 aliphatic carbocycles. The number of amides is 1. The average Bonchev–Trinajstić information content (AvgIpc) is 2.88. The molecule has 1 saturated heterocycles. The molecular formula is C26H22ClF3N2O3S. The molecule has 1 N–H and O–H groups in total. The van der Waals surface area contributed by atoms with E-state index in [1.54, 1.807) is 48.2 Å². The molecule has 0 aromatic heterocycles. The molecule has 5 nitrogen and oxygen atoms in total. The number of thioether (sulfide) groups is 1. The zero-order valence-electron chi connectivity index (χ0n) is 19.0. The number of halogens is 4. The highest BCUT2D eigenvalue weighted by atomic mass is 35.5. The number of benzene rings is 3. The first-order valence-electron chi connectivity index (χ1n) is 11.1. The van der Waals surface area contributed by atoms with Crippen LogP contribution in [0.25, 0.3) is 0 Å². The quantitative estimate of drug-likeness (QED) is 0.368. The van der Waals surface area contributed by atoms with Crippen molar-refractivity contribution in [1.82, 2.24) is 0 Å². The highest BCUT2D eigenvalue weighted by Crippen LogP contribution is 2.38. The van der Waals surface area contributed by atoms with Crippen LogP contribution in [-0.2, 0) is 11.0 Å². The molecule has 188 valence electrons. The number of nitrogens with zero attached hydrogens (tertiary/aromatic N) is 1. The number of rotatable bonds is 7. The molecule has 1 fully saturated rings. The van der Waals surface area contributed by atoms with Crippen LogP contribution in [0.2, 0.25) is 5.02 Å². The SMILES string of the molecule is O=C(COc1ccc(Cl)cc1C(=O)c1ccccc1)Nc1ccc(N2CCSCC2)cc1C(F)(F)F. The molecule has 1 aliphatic heterocycles. The molecule has 1 heterocycles. The number of ether oxygens (including phenoxy) is 1. The van der Waals surface area contributed by atoms with Crippen LogP contribution in [-0.4, -0.2) is 42.9 Å². The predicted octanol–water partition coefficient (Wildman–Crippen LogP) is 6.16. The molecular weight excluding hydrogens is 513 g/mol. The third kappa shape index (κ3) is 6.33. The third-order valence-electron chi connectivity index (χ3n) is 5.54. The van der Waals surface area contributed by atoms with Gasteiger partial charge in [0.25, 0.3) is 5.91 Å². The molecule has 0 radical (unpaired) electrons. The van der Waals surface area contributed by atoms with E-state index in [-0.39, 0.29) is 22.8 Å². The highest BCUT2D eigenvalue weighted by Gasteiger charge is 2.35. The van der Waals surface area contributed by atoms with Crippen molar-refractivity contribution >= 4 is 46.4 Å². The minimum atomic E-state index is -4.66. The van der Waals surface area contributed by atoms with Crippen LogP contribution in [0.15, 0.2) is 66.7 Å². The molecule has 4 rings (SSSR count). The van der Waals surface area contributed by atoms with E-state index in [4.69, 9.17) is 16.3 Å². The predicted molar refractivity (Wildman–Crippen MR) is 136 cm³/mol. The standard InChI is InChI=1S/C26H22ClF3N2O3S/c27-18-6-9-23(20(14-18)25(34)17-4-2-1-3-5-17)35-16-24(33)31-22-8-7-19(15-21(22)26(28,29)30)32-10-12-36-13-11-32/h1-9,14-15H,10-13,16H2,(H,31,33). The number of hydrogen-bond acceptors (Lipinski definition) is 5. The molecule has 1 aliphatic rings. The second-order valence-electron chi connectivity index (χ2n) is 8.00. The first-order chi connectivity index (χ1) is 17.2. The summed E-state index contributed by atoms with van der Waals surface area (Å²) in [4.78, 5) is 27.3. The van der Waals surface area contributed by atoms with E-state index >= 15 is 0 Å². The molecule has 0 bridgehead atoms. The molecule has 1 amide bonds. The van der Waals surface area contributed by atoms with E-state index in [9.17, 15) is 22.8 Å². The van der Waals surface area contributed by atoms with Gasteiger partial charge in [-0.25, -0.2) is 0 Å². The van der Waals surface area contributed by atoms with E-state index in [0.717, 1.165) is 17.6 Å². The second kappa shape index (κ2) is 11.3. The van der Waals surface area contributed by atoms with Crippen molar-refractivity contribution in [3.05, 3.63) is 88.4 Å². The van der Waals surface area contributed by atoms with Crippen LogP contribution in [0.5, 0.6) is 5.75 Å². The summed E-state index contributed by atoms with van der Waals surface area (Å²) in [6.45, 7) is 0.721. The molecule has 0 atom stereocenters. The summed E-state index contributed by atoms with van der Waals surface area (Å²) in [5.74, 6) is 0.626. The van der Waals surface area contributed by atoms with E-state index in [1.165, 1.54) is 24.3 Å². The summed E-state index contributed by atoms with van der Waals surface area (Å²) < 4.78 is 46.9. The van der Waals surface area contributed by atoms with E-state index in [2.05, 4.69) is 5.32 Å². The fraction of sp³-hybridized carbons (Fsp3) is 0.231. The first-order valence-corrected chi connectivity index (χ1v) is 12.6. The Morgan fingerprint density at radius 3 is 2.42 bits per heavy atom. The maximum Gasteiger partial charge on any atom is 0.418 e. The van der Waals surface area contributed by atoms with E-state index < -0.39 is 24.3 Å². The van der Waals surface area contributed by atoms with Crippen molar-refractivity contribution in [3.63, 3.8) is 0 Å². The number of anilines is 2. The Balaban J connectivity index is 1.49. The summed E-state index contributed by atoms with van der Waals surface area (Å²) in [7, 11) is 0. The Labute approximate surface area is 215 Å². The molecule has 3 aromatic rings. The van der Waals surface area contributed by atoms with Gasteiger partial charge in [0, 0.05) is 40.9 Å². The van der Waals surface area contributed by atoms with E-state index in [0.29, 0.717) is 29.4 Å². The van der Waals surface area contributed by atoms with Gasteiger partial charge in [0.05, 0.1) is 16.8 Å². The number of ketones is 1. The summed E-state index contributed by atoms with van der Waals surface area (Å²) >= 11 is 7.81. The van der Waals surface area contributed by atoms with Gasteiger partial charge >= 0.3 is 6.18 Å². The van der Waals surface area contributed by atoms with Gasteiger partial charge in [-0.05, 0) is 36.4 Å². The molecule has 3 aromatic carbocycles. The molecule has 10 heteroatoms. The zero-order valence-corrected chi connectivity index (χ0v) is 20.6.